The van der Waals surface area contributed by atoms with E-state index in [0.29, 0.717) is 23.0 Å². The second-order valence-electron chi connectivity index (χ2n) is 7.12. The molecule has 0 radical (unpaired) electrons. The first kappa shape index (κ1) is 20.1. The summed E-state index contributed by atoms with van der Waals surface area (Å²) in [6, 6.07) is 7.21. The van der Waals surface area contributed by atoms with Crippen LogP contribution < -0.4 is 11.1 Å². The van der Waals surface area contributed by atoms with Crippen molar-refractivity contribution >= 4 is 28.2 Å². The van der Waals surface area contributed by atoms with Crippen LogP contribution in [0.4, 0.5) is 9.39 Å². The van der Waals surface area contributed by atoms with E-state index in [4.69, 9.17) is 5.73 Å². The Morgan fingerprint density at radius 3 is 2.62 bits per heavy atom. The zero-order valence-electron chi connectivity index (χ0n) is 15.4. The van der Waals surface area contributed by atoms with Gasteiger partial charge in [0.1, 0.15) is 5.82 Å². The summed E-state index contributed by atoms with van der Waals surface area (Å²) in [6.45, 7) is 6.84. The Balaban J connectivity index is 2.13. The van der Waals surface area contributed by atoms with Gasteiger partial charge in [-0.15, -0.1) is 11.3 Å². The van der Waals surface area contributed by atoms with Crippen LogP contribution in [0.3, 0.4) is 0 Å². The van der Waals surface area contributed by atoms with Gasteiger partial charge in [0, 0.05) is 19.2 Å². The van der Waals surface area contributed by atoms with Crippen LogP contribution in [0.1, 0.15) is 39.4 Å². The SMILES string of the molecule is Cc1cc(NC(=O)c2cccc(F)c2)sc1C(=O)N(C)CC(C)(C)CN. The standard InChI is InChI=1S/C19H24FN3O2S/c1-12-8-15(22-17(24)13-6-5-7-14(20)9-13)26-16(12)18(25)23(4)11-19(2,3)10-21/h5-9H,10-11,21H2,1-4H3,(H,22,24). The molecule has 140 valence electrons. The van der Waals surface area contributed by atoms with Crippen molar-refractivity contribution in [3.8, 4) is 0 Å². The molecule has 0 aliphatic heterocycles. The summed E-state index contributed by atoms with van der Waals surface area (Å²) >= 11 is 1.21. The van der Waals surface area contributed by atoms with E-state index in [1.54, 1.807) is 18.0 Å². The van der Waals surface area contributed by atoms with Crippen molar-refractivity contribution in [1.29, 1.82) is 0 Å². The minimum Gasteiger partial charge on any atom is -0.340 e. The third-order valence-corrected chi connectivity index (χ3v) is 5.14. The number of anilines is 1. The third kappa shape index (κ3) is 4.89. The number of nitrogens with zero attached hydrogens (tertiary/aromatic N) is 1. The van der Waals surface area contributed by atoms with Gasteiger partial charge in [0.25, 0.3) is 11.8 Å². The van der Waals surface area contributed by atoms with Gasteiger partial charge in [-0.1, -0.05) is 19.9 Å². The number of amides is 2. The molecule has 2 rings (SSSR count). The monoisotopic (exact) mass is 377 g/mol. The van der Waals surface area contributed by atoms with E-state index in [-0.39, 0.29) is 16.9 Å². The largest absolute Gasteiger partial charge is 0.340 e. The lowest BCUT2D eigenvalue weighted by molar-refractivity contribution is 0.0744. The van der Waals surface area contributed by atoms with Gasteiger partial charge in [-0.3, -0.25) is 9.59 Å². The molecule has 26 heavy (non-hydrogen) atoms. The molecule has 1 heterocycles. The molecule has 0 bridgehead atoms. The van der Waals surface area contributed by atoms with Crippen molar-refractivity contribution in [2.24, 2.45) is 11.1 Å². The second kappa shape index (κ2) is 7.97. The van der Waals surface area contributed by atoms with Crippen molar-refractivity contribution in [2.45, 2.75) is 20.8 Å². The van der Waals surface area contributed by atoms with Gasteiger partial charge < -0.3 is 16.0 Å². The minimum atomic E-state index is -0.472. The molecule has 0 atom stereocenters. The molecule has 1 aromatic heterocycles. The van der Waals surface area contributed by atoms with Crippen LogP contribution in [-0.4, -0.2) is 36.9 Å². The molecule has 0 saturated carbocycles. The molecule has 0 unspecified atom stereocenters. The second-order valence-corrected chi connectivity index (χ2v) is 8.17. The fraction of sp³-hybridized carbons (Fsp3) is 0.368. The van der Waals surface area contributed by atoms with E-state index >= 15 is 0 Å². The maximum atomic E-state index is 13.3. The normalized spacial score (nSPS) is 11.3. The summed E-state index contributed by atoms with van der Waals surface area (Å²) in [7, 11) is 1.74. The van der Waals surface area contributed by atoms with Crippen molar-refractivity contribution in [3.63, 3.8) is 0 Å². The van der Waals surface area contributed by atoms with Crippen molar-refractivity contribution in [1.82, 2.24) is 4.90 Å². The lowest BCUT2D eigenvalue weighted by Gasteiger charge is -2.28. The molecule has 7 heteroatoms. The highest BCUT2D eigenvalue weighted by Crippen LogP contribution is 2.29. The van der Waals surface area contributed by atoms with Crippen molar-refractivity contribution < 1.29 is 14.0 Å². The molecule has 0 fully saturated rings. The average Bonchev–Trinajstić information content (AvgIpc) is 2.94. The maximum absolute atomic E-state index is 13.3. The van der Waals surface area contributed by atoms with Crippen LogP contribution >= 0.6 is 11.3 Å². The molecule has 0 aliphatic carbocycles. The van der Waals surface area contributed by atoms with Gasteiger partial charge in [0.2, 0.25) is 0 Å². The lowest BCUT2D eigenvalue weighted by Crippen LogP contribution is -2.39. The molecule has 3 N–H and O–H groups in total. The number of aryl methyl sites for hydroxylation is 1. The summed E-state index contributed by atoms with van der Waals surface area (Å²) in [5.74, 6) is -0.998. The molecular weight excluding hydrogens is 353 g/mol. The van der Waals surface area contributed by atoms with Gasteiger partial charge in [0.05, 0.1) is 9.88 Å². The molecule has 0 saturated heterocycles. The predicted molar refractivity (Wildman–Crippen MR) is 103 cm³/mol. The van der Waals surface area contributed by atoms with Crippen LogP contribution in [-0.2, 0) is 0 Å². The molecular formula is C19H24FN3O2S. The molecule has 0 aliphatic rings. The number of thiophene rings is 1. The zero-order valence-corrected chi connectivity index (χ0v) is 16.2. The number of carbonyl (C=O) groups excluding carboxylic acids is 2. The summed E-state index contributed by atoms with van der Waals surface area (Å²) in [4.78, 5) is 27.2. The number of nitrogens with two attached hydrogens (primary N) is 1. The van der Waals surface area contributed by atoms with Gasteiger partial charge in [0.15, 0.2) is 0 Å². The number of halogens is 1. The molecule has 0 spiro atoms. The lowest BCUT2D eigenvalue weighted by atomic mass is 9.93. The van der Waals surface area contributed by atoms with Crippen LogP contribution in [0.15, 0.2) is 30.3 Å². The number of hydrogen-bond donors (Lipinski definition) is 2. The number of carbonyl (C=O) groups is 2. The molecule has 5 nitrogen and oxygen atoms in total. The quantitative estimate of drug-likeness (QED) is 0.809. The predicted octanol–water partition coefficient (Wildman–Crippen LogP) is 3.50. The first-order valence-electron chi connectivity index (χ1n) is 8.26. The third-order valence-electron chi connectivity index (χ3n) is 4.00. The summed E-state index contributed by atoms with van der Waals surface area (Å²) in [6.07, 6.45) is 0. The maximum Gasteiger partial charge on any atom is 0.264 e. The van der Waals surface area contributed by atoms with Crippen LogP contribution in [0.25, 0.3) is 0 Å². The van der Waals surface area contributed by atoms with Gasteiger partial charge in [-0.25, -0.2) is 4.39 Å². The van der Waals surface area contributed by atoms with E-state index in [2.05, 4.69) is 5.32 Å². The zero-order chi connectivity index (χ0) is 19.5. The van der Waals surface area contributed by atoms with E-state index in [1.165, 1.54) is 35.6 Å². The highest BCUT2D eigenvalue weighted by atomic mass is 32.1. The fourth-order valence-corrected chi connectivity index (χ4v) is 3.58. The van der Waals surface area contributed by atoms with E-state index in [9.17, 15) is 14.0 Å². The summed E-state index contributed by atoms with van der Waals surface area (Å²) in [5, 5.41) is 3.27. The topological polar surface area (TPSA) is 75.4 Å². The Hall–Kier alpha value is -2.25. The number of benzene rings is 1. The van der Waals surface area contributed by atoms with Crippen LogP contribution in [0, 0.1) is 18.2 Å². The molecule has 2 amide bonds. The van der Waals surface area contributed by atoms with E-state index in [1.807, 2.05) is 20.8 Å². The Kier molecular flexibility index (Phi) is 6.15. The van der Waals surface area contributed by atoms with Gasteiger partial charge in [-0.05, 0) is 48.7 Å². The van der Waals surface area contributed by atoms with Crippen molar-refractivity contribution in [3.05, 3.63) is 52.2 Å². The van der Waals surface area contributed by atoms with E-state index < -0.39 is 11.7 Å². The van der Waals surface area contributed by atoms with Gasteiger partial charge >= 0.3 is 0 Å². The van der Waals surface area contributed by atoms with Crippen molar-refractivity contribution in [2.75, 3.05) is 25.5 Å². The fourth-order valence-electron chi connectivity index (χ4n) is 2.52. The minimum absolute atomic E-state index is 0.111. The number of rotatable bonds is 6. The molecule has 2 aromatic rings. The highest BCUT2D eigenvalue weighted by molar-refractivity contribution is 7.18. The Bertz CT molecular complexity index is 817. The Labute approximate surface area is 157 Å². The summed E-state index contributed by atoms with van der Waals surface area (Å²) < 4.78 is 13.3. The number of hydrogen-bond acceptors (Lipinski definition) is 4. The van der Waals surface area contributed by atoms with Crippen LogP contribution in [0.5, 0.6) is 0 Å². The van der Waals surface area contributed by atoms with E-state index in [0.717, 1.165) is 5.56 Å². The highest BCUT2D eigenvalue weighted by Gasteiger charge is 2.24. The smallest absolute Gasteiger partial charge is 0.264 e. The Morgan fingerprint density at radius 2 is 2.00 bits per heavy atom. The molecule has 1 aromatic carbocycles. The summed E-state index contributed by atoms with van der Waals surface area (Å²) in [5.41, 5.74) is 6.57. The number of nitrogens with one attached hydrogen (secondary N) is 1. The van der Waals surface area contributed by atoms with Crippen LogP contribution in [0.2, 0.25) is 0 Å². The first-order valence-corrected chi connectivity index (χ1v) is 9.07. The Morgan fingerprint density at radius 1 is 1.31 bits per heavy atom. The average molecular weight is 377 g/mol. The first-order chi connectivity index (χ1) is 12.1. The van der Waals surface area contributed by atoms with Gasteiger partial charge in [-0.2, -0.15) is 0 Å².